The first-order valence-corrected chi connectivity index (χ1v) is 6.92. The fourth-order valence-electron chi connectivity index (χ4n) is 2.46. The van der Waals surface area contributed by atoms with Gasteiger partial charge in [0.05, 0.1) is 0 Å². The first-order valence-electron chi connectivity index (χ1n) is 6.92. The minimum Gasteiger partial charge on any atom is -0.317 e. The molecule has 0 spiro atoms. The Labute approximate surface area is 107 Å². The van der Waals surface area contributed by atoms with Crippen molar-refractivity contribution < 1.29 is 0 Å². The van der Waals surface area contributed by atoms with Crippen molar-refractivity contribution in [2.45, 2.75) is 53.4 Å². The lowest BCUT2D eigenvalue weighted by Gasteiger charge is -2.11. The van der Waals surface area contributed by atoms with Gasteiger partial charge in [0.25, 0.3) is 0 Å². The molecule has 1 aromatic carbocycles. The van der Waals surface area contributed by atoms with Gasteiger partial charge in [0.1, 0.15) is 0 Å². The van der Waals surface area contributed by atoms with Crippen LogP contribution in [-0.2, 0) is 6.42 Å². The minimum atomic E-state index is 1.16. The molecule has 1 N–H and O–H groups in total. The van der Waals surface area contributed by atoms with Crippen LogP contribution in [0.5, 0.6) is 0 Å². The Morgan fingerprint density at radius 1 is 0.941 bits per heavy atom. The van der Waals surface area contributed by atoms with Crippen LogP contribution in [0.25, 0.3) is 0 Å². The molecule has 0 saturated carbocycles. The molecule has 0 aliphatic carbocycles. The van der Waals surface area contributed by atoms with Crippen LogP contribution >= 0.6 is 0 Å². The van der Waals surface area contributed by atoms with E-state index in [2.05, 4.69) is 45.1 Å². The van der Waals surface area contributed by atoms with Crippen LogP contribution in [0.3, 0.4) is 0 Å². The number of hydrogen-bond acceptors (Lipinski definition) is 1. The average molecular weight is 233 g/mol. The second-order valence-electron chi connectivity index (χ2n) is 5.08. The van der Waals surface area contributed by atoms with Crippen molar-refractivity contribution in [3.63, 3.8) is 0 Å². The molecule has 0 amide bonds. The molecule has 96 valence electrons. The summed E-state index contributed by atoms with van der Waals surface area (Å²) in [6.07, 6.45) is 5.04. The Bertz CT molecular complexity index is 318. The summed E-state index contributed by atoms with van der Waals surface area (Å²) in [7, 11) is 0. The van der Waals surface area contributed by atoms with E-state index in [1.54, 1.807) is 5.56 Å². The van der Waals surface area contributed by atoms with E-state index in [4.69, 9.17) is 0 Å². The molecular formula is C16H27N. The highest BCUT2D eigenvalue weighted by molar-refractivity contribution is 5.37. The Kier molecular flexibility index (Phi) is 6.28. The van der Waals surface area contributed by atoms with Gasteiger partial charge >= 0.3 is 0 Å². The van der Waals surface area contributed by atoms with E-state index in [1.807, 2.05) is 0 Å². The lowest BCUT2D eigenvalue weighted by Crippen LogP contribution is -2.16. The largest absolute Gasteiger partial charge is 0.317 e. The molecule has 0 bridgehead atoms. The molecule has 0 unspecified atom stereocenters. The number of benzene rings is 1. The van der Waals surface area contributed by atoms with Gasteiger partial charge in [-0.15, -0.1) is 0 Å². The van der Waals surface area contributed by atoms with Crippen LogP contribution in [0.4, 0.5) is 0 Å². The third-order valence-electron chi connectivity index (χ3n) is 3.30. The van der Waals surface area contributed by atoms with Gasteiger partial charge in [-0.1, -0.05) is 24.6 Å². The molecule has 0 aliphatic rings. The predicted octanol–water partition coefficient (Wildman–Crippen LogP) is 3.93. The number of aryl methyl sites for hydroxylation is 3. The fraction of sp³-hybridized carbons (Fsp3) is 0.625. The molecule has 0 radical (unpaired) electrons. The van der Waals surface area contributed by atoms with Gasteiger partial charge in [0.15, 0.2) is 0 Å². The van der Waals surface area contributed by atoms with Crippen LogP contribution in [0.2, 0.25) is 0 Å². The lowest BCUT2D eigenvalue weighted by molar-refractivity contribution is 0.616. The van der Waals surface area contributed by atoms with Crippen LogP contribution in [0, 0.1) is 20.8 Å². The first-order chi connectivity index (χ1) is 8.15. The van der Waals surface area contributed by atoms with Crippen molar-refractivity contribution in [2.75, 3.05) is 13.1 Å². The second kappa shape index (κ2) is 7.50. The maximum absolute atomic E-state index is 3.46. The van der Waals surface area contributed by atoms with E-state index in [9.17, 15) is 0 Å². The van der Waals surface area contributed by atoms with Crippen molar-refractivity contribution in [2.24, 2.45) is 0 Å². The van der Waals surface area contributed by atoms with Crippen LogP contribution in [-0.4, -0.2) is 13.1 Å². The minimum absolute atomic E-state index is 1.16. The number of rotatable bonds is 7. The first kappa shape index (κ1) is 14.2. The van der Waals surface area contributed by atoms with Crippen molar-refractivity contribution in [3.05, 3.63) is 34.4 Å². The van der Waals surface area contributed by atoms with E-state index < -0.39 is 0 Å². The molecule has 0 fully saturated rings. The summed E-state index contributed by atoms with van der Waals surface area (Å²) in [6.45, 7) is 11.2. The molecule has 1 nitrogen and oxygen atoms in total. The van der Waals surface area contributed by atoms with Gasteiger partial charge in [-0.05, 0) is 76.2 Å². The topological polar surface area (TPSA) is 12.0 Å². The summed E-state index contributed by atoms with van der Waals surface area (Å²) in [5.41, 5.74) is 5.87. The second-order valence-corrected chi connectivity index (χ2v) is 5.08. The summed E-state index contributed by atoms with van der Waals surface area (Å²) in [5.74, 6) is 0. The van der Waals surface area contributed by atoms with Crippen molar-refractivity contribution in [1.82, 2.24) is 5.32 Å². The molecule has 0 aromatic heterocycles. The van der Waals surface area contributed by atoms with E-state index in [-0.39, 0.29) is 0 Å². The summed E-state index contributed by atoms with van der Waals surface area (Å²) >= 11 is 0. The maximum atomic E-state index is 3.46. The molecule has 0 heterocycles. The van der Waals surface area contributed by atoms with Gasteiger partial charge in [-0.3, -0.25) is 0 Å². The molecule has 0 atom stereocenters. The van der Waals surface area contributed by atoms with Gasteiger partial charge in [-0.25, -0.2) is 0 Å². The monoisotopic (exact) mass is 233 g/mol. The number of unbranched alkanes of at least 4 members (excludes halogenated alkanes) is 1. The molecule has 1 heteroatoms. The van der Waals surface area contributed by atoms with Crippen LogP contribution in [0.15, 0.2) is 12.1 Å². The van der Waals surface area contributed by atoms with E-state index in [1.165, 1.54) is 42.4 Å². The van der Waals surface area contributed by atoms with Gasteiger partial charge in [-0.2, -0.15) is 0 Å². The highest BCUT2D eigenvalue weighted by atomic mass is 14.8. The van der Waals surface area contributed by atoms with Crippen molar-refractivity contribution >= 4 is 0 Å². The van der Waals surface area contributed by atoms with E-state index in [0.29, 0.717) is 0 Å². The van der Waals surface area contributed by atoms with Crippen molar-refractivity contribution in [3.8, 4) is 0 Å². The van der Waals surface area contributed by atoms with Gasteiger partial charge in [0.2, 0.25) is 0 Å². The van der Waals surface area contributed by atoms with Gasteiger partial charge in [0, 0.05) is 0 Å². The Morgan fingerprint density at radius 3 is 2.18 bits per heavy atom. The van der Waals surface area contributed by atoms with Crippen LogP contribution < -0.4 is 5.32 Å². The summed E-state index contributed by atoms with van der Waals surface area (Å²) in [5, 5.41) is 3.46. The zero-order chi connectivity index (χ0) is 12.7. The molecule has 1 aromatic rings. The molecule has 17 heavy (non-hydrogen) atoms. The average Bonchev–Trinajstić information content (AvgIpc) is 2.26. The van der Waals surface area contributed by atoms with Gasteiger partial charge < -0.3 is 5.32 Å². The SMILES string of the molecule is CCCNCCCCc1c(C)cc(C)cc1C. The smallest absolute Gasteiger partial charge is 0.00488 e. The predicted molar refractivity (Wildman–Crippen MR) is 76.8 cm³/mol. The van der Waals surface area contributed by atoms with Crippen LogP contribution in [0.1, 0.15) is 48.4 Å². The highest BCUT2D eigenvalue weighted by Gasteiger charge is 2.03. The molecule has 1 rings (SSSR count). The highest BCUT2D eigenvalue weighted by Crippen LogP contribution is 2.18. The number of hydrogen-bond donors (Lipinski definition) is 1. The van der Waals surface area contributed by atoms with Crippen molar-refractivity contribution in [1.29, 1.82) is 0 Å². The third kappa shape index (κ3) is 4.91. The molecular weight excluding hydrogens is 206 g/mol. The normalized spacial score (nSPS) is 10.8. The summed E-state index contributed by atoms with van der Waals surface area (Å²) in [4.78, 5) is 0. The summed E-state index contributed by atoms with van der Waals surface area (Å²) in [6, 6.07) is 4.61. The third-order valence-corrected chi connectivity index (χ3v) is 3.30. The van der Waals surface area contributed by atoms with E-state index in [0.717, 1.165) is 13.1 Å². The summed E-state index contributed by atoms with van der Waals surface area (Å²) < 4.78 is 0. The Hall–Kier alpha value is -0.820. The zero-order valence-corrected chi connectivity index (χ0v) is 11.9. The quantitative estimate of drug-likeness (QED) is 0.704. The Balaban J connectivity index is 2.36. The Morgan fingerprint density at radius 2 is 1.59 bits per heavy atom. The van der Waals surface area contributed by atoms with E-state index >= 15 is 0 Å². The molecule has 0 aliphatic heterocycles. The standard InChI is InChI=1S/C16H27N/c1-5-9-17-10-7-6-8-16-14(3)11-13(2)12-15(16)4/h11-12,17H,5-10H2,1-4H3. The fourth-order valence-corrected chi connectivity index (χ4v) is 2.46. The lowest BCUT2D eigenvalue weighted by atomic mass is 9.96. The molecule has 0 saturated heterocycles. The number of nitrogens with one attached hydrogen (secondary N) is 1. The zero-order valence-electron chi connectivity index (χ0n) is 11.9. The maximum Gasteiger partial charge on any atom is -0.00488 e.